The Balaban J connectivity index is 1.76. The van der Waals surface area contributed by atoms with Crippen LogP contribution in [-0.2, 0) is 13.0 Å². The number of hydrogen-bond donors (Lipinski definition) is 6. The van der Waals surface area contributed by atoms with Crippen LogP contribution in [0.4, 0.5) is 10.1 Å². The van der Waals surface area contributed by atoms with Gasteiger partial charge in [-0.05, 0) is 48.7 Å². The molecule has 0 aliphatic carbocycles. The molecule has 11 nitrogen and oxygen atoms in total. The number of fused-ring (bicyclic) bond motifs is 2. The summed E-state index contributed by atoms with van der Waals surface area (Å²) in [5.74, 6) is -0.420. The highest BCUT2D eigenvalue weighted by Gasteiger charge is 2.27. The zero-order valence-corrected chi connectivity index (χ0v) is 19.3. The molecule has 0 fully saturated rings. The third-order valence-corrected chi connectivity index (χ3v) is 5.94. The first kappa shape index (κ1) is 25.4. The van der Waals surface area contributed by atoms with E-state index < -0.39 is 36.2 Å². The van der Waals surface area contributed by atoms with Gasteiger partial charge in [-0.25, -0.2) is 14.2 Å². The highest BCUT2D eigenvalue weighted by molar-refractivity contribution is 5.84. The number of nitrogens with zero attached hydrogens (tertiary/aromatic N) is 3. The lowest BCUT2D eigenvalue weighted by atomic mass is 10.1. The van der Waals surface area contributed by atoms with Gasteiger partial charge in [0.1, 0.15) is 24.1 Å². The minimum Gasteiger partial charge on any atom is -0.394 e. The van der Waals surface area contributed by atoms with E-state index in [9.17, 15) is 29.3 Å². The van der Waals surface area contributed by atoms with Gasteiger partial charge in [-0.15, -0.1) is 0 Å². The van der Waals surface area contributed by atoms with Crippen molar-refractivity contribution in [2.45, 2.75) is 38.2 Å². The molecule has 0 saturated heterocycles. The van der Waals surface area contributed by atoms with Crippen LogP contribution >= 0.6 is 0 Å². The molecular weight excluding hydrogens is 473 g/mol. The summed E-state index contributed by atoms with van der Waals surface area (Å²) in [6, 6.07) is 9.63. The minimum absolute atomic E-state index is 0.109. The fourth-order valence-electron chi connectivity index (χ4n) is 3.97. The zero-order valence-electron chi connectivity index (χ0n) is 19.3. The van der Waals surface area contributed by atoms with Gasteiger partial charge in [-0.2, -0.15) is 4.98 Å². The number of aliphatic hydroxyl groups is 4. The van der Waals surface area contributed by atoms with Crippen molar-refractivity contribution >= 4 is 16.7 Å². The molecule has 190 valence electrons. The highest BCUT2D eigenvalue weighted by Crippen LogP contribution is 2.27. The van der Waals surface area contributed by atoms with E-state index in [4.69, 9.17) is 5.11 Å². The summed E-state index contributed by atoms with van der Waals surface area (Å²) < 4.78 is 14.5. The van der Waals surface area contributed by atoms with E-state index in [0.29, 0.717) is 29.7 Å². The predicted molar refractivity (Wildman–Crippen MR) is 129 cm³/mol. The topological polar surface area (TPSA) is 174 Å². The fraction of sp³-hybridized carbons (Fsp3) is 0.333. The van der Waals surface area contributed by atoms with Crippen LogP contribution in [0.5, 0.6) is 0 Å². The number of aromatic amines is 1. The van der Waals surface area contributed by atoms with Crippen LogP contribution in [0.25, 0.3) is 22.6 Å². The quantitative estimate of drug-likeness (QED) is 0.170. The summed E-state index contributed by atoms with van der Waals surface area (Å²) >= 11 is 0. The van der Waals surface area contributed by atoms with Gasteiger partial charge in [0, 0.05) is 12.2 Å². The van der Waals surface area contributed by atoms with Crippen molar-refractivity contribution in [2.24, 2.45) is 0 Å². The third-order valence-electron chi connectivity index (χ3n) is 5.94. The molecule has 3 atom stereocenters. The molecule has 2 aromatic rings. The Kier molecular flexibility index (Phi) is 7.40. The van der Waals surface area contributed by atoms with Crippen LogP contribution in [0.3, 0.4) is 0 Å². The number of aromatic nitrogens is 4. The molecule has 2 aromatic carbocycles. The second-order valence-electron chi connectivity index (χ2n) is 8.53. The Labute approximate surface area is 203 Å². The lowest BCUT2D eigenvalue weighted by molar-refractivity contribution is -0.0802. The fourth-order valence-corrected chi connectivity index (χ4v) is 3.97. The van der Waals surface area contributed by atoms with E-state index in [1.807, 2.05) is 6.92 Å². The van der Waals surface area contributed by atoms with Gasteiger partial charge in [0.15, 0.2) is 11.5 Å². The van der Waals surface area contributed by atoms with Crippen molar-refractivity contribution in [1.29, 1.82) is 0 Å². The maximum absolute atomic E-state index is 13.1. The monoisotopic (exact) mass is 499 g/mol. The van der Waals surface area contributed by atoms with Gasteiger partial charge >= 0.3 is 5.69 Å². The first-order valence-corrected chi connectivity index (χ1v) is 11.3. The summed E-state index contributed by atoms with van der Waals surface area (Å²) in [5.41, 5.74) is 1.43. The normalized spacial score (nSPS) is 14.2. The Bertz CT molecular complexity index is 1450. The maximum Gasteiger partial charge on any atom is 0.349 e. The Morgan fingerprint density at radius 3 is 2.50 bits per heavy atom. The number of benzene rings is 2. The highest BCUT2D eigenvalue weighted by atomic mass is 19.1. The lowest BCUT2D eigenvalue weighted by Crippen LogP contribution is -2.42. The predicted octanol–water partition coefficient (Wildman–Crippen LogP) is -0.238. The summed E-state index contributed by atoms with van der Waals surface area (Å²) in [7, 11) is 0. The van der Waals surface area contributed by atoms with Crippen LogP contribution in [0, 0.1) is 12.7 Å². The number of nitrogens with one attached hydrogen (secondary N) is 2. The SMILES string of the molecule is Cc1cc2nc3c(=O)[nH]c(=O)nc-3n(C[C@H](O)[C@H](O)[C@H](O)CO)c2cc1NCCc1ccc(F)cc1. The number of aryl methyl sites for hydroxylation is 1. The minimum atomic E-state index is -1.70. The van der Waals surface area contributed by atoms with E-state index in [1.165, 1.54) is 16.7 Å². The molecule has 0 bridgehead atoms. The Hall–Kier alpha value is -3.71. The summed E-state index contributed by atoms with van der Waals surface area (Å²) in [6.07, 6.45) is -4.25. The number of H-pyrrole nitrogens is 1. The number of rotatable bonds is 9. The lowest BCUT2D eigenvalue weighted by Gasteiger charge is -2.25. The average molecular weight is 499 g/mol. The van der Waals surface area contributed by atoms with Crippen molar-refractivity contribution in [3.8, 4) is 11.5 Å². The van der Waals surface area contributed by atoms with Gasteiger partial charge in [0.2, 0.25) is 0 Å². The van der Waals surface area contributed by atoms with E-state index in [2.05, 4.69) is 20.3 Å². The molecule has 0 radical (unpaired) electrons. The molecule has 0 saturated carbocycles. The summed E-state index contributed by atoms with van der Waals surface area (Å²) in [6.45, 7) is 1.23. The van der Waals surface area contributed by atoms with Gasteiger partial charge in [0.25, 0.3) is 5.56 Å². The summed E-state index contributed by atoms with van der Waals surface area (Å²) in [5, 5.41) is 42.9. The van der Waals surface area contributed by atoms with E-state index in [-0.39, 0.29) is 23.9 Å². The molecule has 0 spiro atoms. The van der Waals surface area contributed by atoms with Crippen LogP contribution in [0.15, 0.2) is 46.0 Å². The molecular formula is C24H26FN5O6. The molecule has 0 amide bonds. The largest absolute Gasteiger partial charge is 0.394 e. The van der Waals surface area contributed by atoms with E-state index in [1.54, 1.807) is 24.3 Å². The first-order valence-electron chi connectivity index (χ1n) is 11.3. The summed E-state index contributed by atoms with van der Waals surface area (Å²) in [4.78, 5) is 34.7. The number of aliphatic hydroxyl groups excluding tert-OH is 4. The van der Waals surface area contributed by atoms with E-state index >= 15 is 0 Å². The smallest absolute Gasteiger partial charge is 0.349 e. The molecule has 36 heavy (non-hydrogen) atoms. The average Bonchev–Trinajstić information content (AvgIpc) is 2.85. The molecule has 2 aliphatic heterocycles. The Morgan fingerprint density at radius 2 is 1.81 bits per heavy atom. The second-order valence-corrected chi connectivity index (χ2v) is 8.53. The zero-order chi connectivity index (χ0) is 26.0. The molecule has 4 rings (SSSR count). The number of halogens is 1. The van der Waals surface area contributed by atoms with Gasteiger partial charge in [-0.1, -0.05) is 12.1 Å². The van der Waals surface area contributed by atoms with Crippen LogP contribution < -0.4 is 16.6 Å². The third kappa shape index (κ3) is 5.26. The van der Waals surface area contributed by atoms with Crippen LogP contribution in [0.1, 0.15) is 11.1 Å². The van der Waals surface area contributed by atoms with Gasteiger partial charge in [0.05, 0.1) is 24.2 Å². The first-order chi connectivity index (χ1) is 17.2. The molecule has 0 unspecified atom stereocenters. The second kappa shape index (κ2) is 10.5. The molecule has 12 heteroatoms. The van der Waals surface area contributed by atoms with Crippen molar-refractivity contribution in [3.63, 3.8) is 0 Å². The van der Waals surface area contributed by atoms with Gasteiger partial charge in [-0.3, -0.25) is 9.78 Å². The van der Waals surface area contributed by atoms with Crippen molar-refractivity contribution in [2.75, 3.05) is 18.5 Å². The van der Waals surface area contributed by atoms with Gasteiger partial charge < -0.3 is 30.3 Å². The molecule has 6 N–H and O–H groups in total. The molecule has 0 aromatic heterocycles. The number of hydrogen-bond acceptors (Lipinski definition) is 9. The van der Waals surface area contributed by atoms with E-state index in [0.717, 1.165) is 11.1 Å². The van der Waals surface area contributed by atoms with Crippen molar-refractivity contribution in [1.82, 2.24) is 19.5 Å². The standard InChI is InChI=1S/C24H26FN5O6/c1-12-8-16-17(9-15(12)26-7-6-13-2-4-14(25)5-3-13)30(10-18(32)21(34)19(33)11-31)22-20(27-16)23(35)29-24(36)28-22/h2-5,8-9,18-19,21,26,31-34H,6-7,10-11H2,1H3,(H,29,35,36)/t18-,19+,21-/m0/s1. The Morgan fingerprint density at radius 1 is 1.08 bits per heavy atom. The number of anilines is 1. The molecule has 2 aliphatic rings. The van der Waals surface area contributed by atoms with Crippen molar-refractivity contribution in [3.05, 3.63) is 74.2 Å². The molecule has 2 heterocycles. The van der Waals surface area contributed by atoms with Crippen molar-refractivity contribution < 1.29 is 24.8 Å². The van der Waals surface area contributed by atoms with Crippen LogP contribution in [-0.4, -0.2) is 71.4 Å². The van der Waals surface area contributed by atoms with Crippen LogP contribution in [0.2, 0.25) is 0 Å². The maximum atomic E-state index is 13.1.